The van der Waals surface area contributed by atoms with E-state index in [4.69, 9.17) is 0 Å². The highest BCUT2D eigenvalue weighted by Crippen LogP contribution is 2.36. The van der Waals surface area contributed by atoms with Gasteiger partial charge in [0.15, 0.2) is 9.84 Å². The normalized spacial score (nSPS) is 16.6. The van der Waals surface area contributed by atoms with Crippen LogP contribution in [0.3, 0.4) is 0 Å². The van der Waals surface area contributed by atoms with Crippen LogP contribution in [-0.4, -0.2) is 53.1 Å². The minimum Gasteiger partial charge on any atom is -0.336 e. The maximum atomic E-state index is 14.0. The summed E-state index contributed by atoms with van der Waals surface area (Å²) in [6, 6.07) is 5.74. The van der Waals surface area contributed by atoms with Crippen molar-refractivity contribution in [2.75, 3.05) is 11.5 Å². The van der Waals surface area contributed by atoms with Crippen LogP contribution in [0.25, 0.3) is 11.0 Å². The molecule has 0 radical (unpaired) electrons. The monoisotopic (exact) mass is 605 g/mol. The molecule has 1 aliphatic rings. The predicted octanol–water partition coefficient (Wildman–Crippen LogP) is 4.04. The molecule has 2 aromatic carbocycles. The summed E-state index contributed by atoms with van der Waals surface area (Å²) in [5.41, 5.74) is -1.94. The van der Waals surface area contributed by atoms with E-state index in [0.717, 1.165) is 24.3 Å². The van der Waals surface area contributed by atoms with Gasteiger partial charge in [-0.15, -0.1) is 0 Å². The number of benzene rings is 2. The quantitative estimate of drug-likeness (QED) is 0.337. The molecule has 220 valence electrons. The third-order valence-electron chi connectivity index (χ3n) is 6.50. The molecule has 1 fully saturated rings. The summed E-state index contributed by atoms with van der Waals surface area (Å²) in [4.78, 5) is 16.5. The summed E-state index contributed by atoms with van der Waals surface area (Å²) in [6.07, 6.45) is -9.60. The fourth-order valence-electron chi connectivity index (χ4n) is 4.23. The van der Waals surface area contributed by atoms with Gasteiger partial charge in [-0.3, -0.25) is 10.1 Å². The van der Waals surface area contributed by atoms with E-state index in [2.05, 4.69) is 10.3 Å². The number of imidazole rings is 1. The number of hydrogen-bond acceptors (Lipinski definition) is 6. The standard InChI is InChI=1S/C25H22F7N5O3S/c26-16-7-5-15(6-8-16)20(24(27,28)29)34-18(21(38)36-23(14-33)9-10-23)13-41(39,40)12-11-37-19-4-2-1-3-17(19)35-22(37)25(30,31)32/h1-8,18,20,34H,9-13H2,(H,36,38)/t18?,20-/m1/s1. The van der Waals surface area contributed by atoms with Crippen LogP contribution in [0.2, 0.25) is 0 Å². The second-order valence-electron chi connectivity index (χ2n) is 9.62. The number of rotatable bonds is 10. The van der Waals surface area contributed by atoms with Gasteiger partial charge in [0.25, 0.3) is 0 Å². The fraction of sp³-hybridized carbons (Fsp3) is 0.400. The van der Waals surface area contributed by atoms with Crippen molar-refractivity contribution >= 4 is 26.8 Å². The van der Waals surface area contributed by atoms with E-state index >= 15 is 0 Å². The van der Waals surface area contributed by atoms with E-state index < -0.39 is 81.0 Å². The Morgan fingerprint density at radius 2 is 1.71 bits per heavy atom. The van der Waals surface area contributed by atoms with E-state index in [1.165, 1.54) is 24.3 Å². The third-order valence-corrected chi connectivity index (χ3v) is 8.14. The number of alkyl halides is 6. The molecule has 0 saturated heterocycles. The second kappa shape index (κ2) is 10.9. The Labute approximate surface area is 229 Å². The molecule has 1 saturated carbocycles. The minimum atomic E-state index is -5.07. The van der Waals surface area contributed by atoms with E-state index in [9.17, 15) is 49.2 Å². The van der Waals surface area contributed by atoms with Crippen molar-refractivity contribution in [2.45, 2.75) is 49.4 Å². The van der Waals surface area contributed by atoms with Crippen molar-refractivity contribution in [3.8, 4) is 6.07 Å². The predicted molar refractivity (Wildman–Crippen MR) is 131 cm³/mol. The number of aryl methyl sites for hydroxylation is 1. The lowest BCUT2D eigenvalue weighted by atomic mass is 10.0. The van der Waals surface area contributed by atoms with Crippen LogP contribution in [-0.2, 0) is 27.4 Å². The van der Waals surface area contributed by atoms with Crippen molar-refractivity contribution in [1.29, 1.82) is 5.26 Å². The summed E-state index contributed by atoms with van der Waals surface area (Å²) in [5.74, 6) is -5.62. The zero-order chi connectivity index (χ0) is 30.2. The van der Waals surface area contributed by atoms with E-state index in [1.807, 2.05) is 11.4 Å². The molecule has 16 heteroatoms. The van der Waals surface area contributed by atoms with Gasteiger partial charge in [0.2, 0.25) is 11.7 Å². The second-order valence-corrected chi connectivity index (χ2v) is 11.8. The SMILES string of the molecule is N#CC1(NC(=O)C(CS(=O)(=O)CCn2c(C(F)(F)F)nc3ccccc32)N[C@H](c2ccc(F)cc2)C(F)(F)F)CC1. The molecule has 0 spiro atoms. The summed E-state index contributed by atoms with van der Waals surface area (Å²) in [6.45, 7) is -0.755. The van der Waals surface area contributed by atoms with Gasteiger partial charge in [-0.25, -0.2) is 17.8 Å². The Bertz CT molecular complexity index is 1570. The first-order chi connectivity index (χ1) is 19.0. The number of nitriles is 1. The number of para-hydroxylation sites is 2. The van der Waals surface area contributed by atoms with E-state index in [-0.39, 0.29) is 23.9 Å². The summed E-state index contributed by atoms with van der Waals surface area (Å²) in [5, 5.41) is 13.5. The average Bonchev–Trinajstić information content (AvgIpc) is 3.54. The molecule has 8 nitrogen and oxygen atoms in total. The number of amides is 1. The summed E-state index contributed by atoms with van der Waals surface area (Å²) >= 11 is 0. The van der Waals surface area contributed by atoms with Gasteiger partial charge in [0.05, 0.1) is 28.6 Å². The molecule has 0 bridgehead atoms. The van der Waals surface area contributed by atoms with Crippen LogP contribution in [0.15, 0.2) is 48.5 Å². The molecular formula is C25H22F7N5O3S. The lowest BCUT2D eigenvalue weighted by molar-refractivity contribution is -0.160. The molecule has 1 unspecified atom stereocenters. The van der Waals surface area contributed by atoms with Crippen molar-refractivity contribution in [3.63, 3.8) is 0 Å². The molecule has 1 aliphatic carbocycles. The van der Waals surface area contributed by atoms with Crippen LogP contribution >= 0.6 is 0 Å². The zero-order valence-corrected chi connectivity index (χ0v) is 21.7. The smallest absolute Gasteiger partial charge is 0.336 e. The molecule has 41 heavy (non-hydrogen) atoms. The van der Waals surface area contributed by atoms with Gasteiger partial charge in [0, 0.05) is 6.54 Å². The fourth-order valence-corrected chi connectivity index (χ4v) is 5.62. The first-order valence-electron chi connectivity index (χ1n) is 12.1. The van der Waals surface area contributed by atoms with Gasteiger partial charge in [-0.1, -0.05) is 24.3 Å². The van der Waals surface area contributed by atoms with Gasteiger partial charge in [-0.2, -0.15) is 31.6 Å². The van der Waals surface area contributed by atoms with Crippen LogP contribution in [0.4, 0.5) is 30.7 Å². The molecule has 2 atom stereocenters. The van der Waals surface area contributed by atoms with Crippen LogP contribution in [0.5, 0.6) is 0 Å². The third kappa shape index (κ3) is 7.14. The largest absolute Gasteiger partial charge is 0.449 e. The number of fused-ring (bicyclic) bond motifs is 1. The topological polar surface area (TPSA) is 117 Å². The lowest BCUT2D eigenvalue weighted by Gasteiger charge is -2.28. The Morgan fingerprint density at radius 1 is 1.07 bits per heavy atom. The van der Waals surface area contributed by atoms with Gasteiger partial charge < -0.3 is 9.88 Å². The van der Waals surface area contributed by atoms with Crippen LogP contribution < -0.4 is 10.6 Å². The number of carbonyl (C=O) groups is 1. The van der Waals surface area contributed by atoms with E-state index in [0.29, 0.717) is 4.57 Å². The highest BCUT2D eigenvalue weighted by Gasteiger charge is 2.48. The molecule has 2 N–H and O–H groups in total. The van der Waals surface area contributed by atoms with Gasteiger partial charge >= 0.3 is 12.4 Å². The van der Waals surface area contributed by atoms with Gasteiger partial charge in [0.1, 0.15) is 23.4 Å². The average molecular weight is 606 g/mol. The van der Waals surface area contributed by atoms with Gasteiger partial charge in [-0.05, 0) is 42.7 Å². The Morgan fingerprint density at radius 3 is 2.27 bits per heavy atom. The molecule has 1 aromatic heterocycles. The van der Waals surface area contributed by atoms with Crippen molar-refractivity contribution < 1.29 is 43.9 Å². The Hall–Kier alpha value is -3.71. The number of aromatic nitrogens is 2. The van der Waals surface area contributed by atoms with Crippen molar-refractivity contribution in [2.24, 2.45) is 0 Å². The first kappa shape index (κ1) is 30.3. The number of carbonyl (C=O) groups excluding carboxylic acids is 1. The van der Waals surface area contributed by atoms with Crippen LogP contribution in [0, 0.1) is 17.1 Å². The molecular weight excluding hydrogens is 583 g/mol. The zero-order valence-electron chi connectivity index (χ0n) is 20.9. The molecule has 1 amide bonds. The summed E-state index contributed by atoms with van der Waals surface area (Å²) in [7, 11) is -4.50. The maximum absolute atomic E-state index is 14.0. The number of nitrogens with one attached hydrogen (secondary N) is 2. The summed E-state index contributed by atoms with van der Waals surface area (Å²) < 4.78 is 123. The molecule has 1 heterocycles. The first-order valence-corrected chi connectivity index (χ1v) is 13.9. The molecule has 0 aliphatic heterocycles. The molecule has 4 rings (SSSR count). The highest BCUT2D eigenvalue weighted by molar-refractivity contribution is 7.91. The van der Waals surface area contributed by atoms with E-state index in [1.54, 1.807) is 0 Å². The Kier molecular flexibility index (Phi) is 8.07. The number of sulfone groups is 1. The molecule has 3 aromatic rings. The van der Waals surface area contributed by atoms with Crippen molar-refractivity contribution in [1.82, 2.24) is 20.2 Å². The van der Waals surface area contributed by atoms with Crippen LogP contribution in [0.1, 0.15) is 30.3 Å². The number of hydrogen-bond donors (Lipinski definition) is 2. The minimum absolute atomic E-state index is 0.0133. The maximum Gasteiger partial charge on any atom is 0.449 e. The number of nitrogens with zero attached hydrogens (tertiary/aromatic N) is 3. The lowest BCUT2D eigenvalue weighted by Crippen LogP contribution is -2.54. The Balaban J connectivity index is 1.62. The highest BCUT2D eigenvalue weighted by atomic mass is 32.2. The number of halogens is 7. The van der Waals surface area contributed by atoms with Crippen molar-refractivity contribution in [3.05, 3.63) is 65.7 Å².